The third-order valence-electron chi connectivity index (χ3n) is 7.15. The molecular formula is C35H40N2O8S. The molecule has 4 aromatic carbocycles. The second kappa shape index (κ2) is 16.1. The molecule has 0 radical (unpaired) electrons. The molecule has 0 saturated heterocycles. The average molecular weight is 649 g/mol. The van der Waals surface area contributed by atoms with Crippen LogP contribution in [0.4, 0.5) is 5.69 Å². The summed E-state index contributed by atoms with van der Waals surface area (Å²) in [5.41, 5.74) is 3.65. The van der Waals surface area contributed by atoms with E-state index < -0.39 is 28.2 Å². The summed E-state index contributed by atoms with van der Waals surface area (Å²) in [6.07, 6.45) is -0.359. The van der Waals surface area contributed by atoms with Gasteiger partial charge in [0, 0.05) is 12.6 Å². The van der Waals surface area contributed by atoms with Crippen LogP contribution in [0.1, 0.15) is 37.5 Å². The number of aliphatic hydroxyl groups excluding tert-OH is 1. The van der Waals surface area contributed by atoms with Gasteiger partial charge in [-0.3, -0.25) is 4.72 Å². The first-order valence-electron chi connectivity index (χ1n) is 14.9. The summed E-state index contributed by atoms with van der Waals surface area (Å²) in [5, 5.41) is 23.4. The van der Waals surface area contributed by atoms with E-state index in [1.807, 2.05) is 73.7 Å². The fourth-order valence-corrected chi connectivity index (χ4v) is 5.23. The summed E-state index contributed by atoms with van der Waals surface area (Å²) in [7, 11) is -3.58. The van der Waals surface area contributed by atoms with Crippen LogP contribution in [0.15, 0.2) is 97.1 Å². The highest BCUT2D eigenvalue weighted by Crippen LogP contribution is 2.31. The Morgan fingerprint density at radius 3 is 2.09 bits per heavy atom. The second-order valence-electron chi connectivity index (χ2n) is 10.8. The molecule has 0 fully saturated rings. The molecule has 0 aliphatic heterocycles. The van der Waals surface area contributed by atoms with E-state index in [1.165, 1.54) is 0 Å². The first-order chi connectivity index (χ1) is 22.0. The molecule has 0 bridgehead atoms. The maximum Gasteiger partial charge on any atom is 0.344 e. The second-order valence-corrected chi connectivity index (χ2v) is 12.6. The van der Waals surface area contributed by atoms with Gasteiger partial charge < -0.3 is 29.7 Å². The predicted octanol–water partition coefficient (Wildman–Crippen LogP) is 5.64. The van der Waals surface area contributed by atoms with Gasteiger partial charge in [0.25, 0.3) is 0 Å². The lowest BCUT2D eigenvalue weighted by Crippen LogP contribution is -2.35. The normalized spacial score (nSPS) is 13.3. The van der Waals surface area contributed by atoms with Crippen LogP contribution in [0.25, 0.3) is 11.1 Å². The zero-order valence-corrected chi connectivity index (χ0v) is 26.9. The van der Waals surface area contributed by atoms with Crippen LogP contribution in [-0.2, 0) is 21.4 Å². The Kier molecular flexibility index (Phi) is 12.0. The van der Waals surface area contributed by atoms with Crippen molar-refractivity contribution in [3.8, 4) is 28.4 Å². The first kappa shape index (κ1) is 34.3. The largest absolute Gasteiger partial charge is 0.492 e. The fourth-order valence-electron chi connectivity index (χ4n) is 4.67. The number of hydrogen-bond donors (Lipinski definition) is 4. The molecule has 244 valence electrons. The number of benzene rings is 4. The number of carboxylic acid groups (broad SMARTS) is 1. The van der Waals surface area contributed by atoms with E-state index in [9.17, 15) is 23.4 Å². The Labute approximate surface area is 270 Å². The monoisotopic (exact) mass is 648 g/mol. The molecule has 4 rings (SSSR count). The van der Waals surface area contributed by atoms with Crippen molar-refractivity contribution in [1.82, 2.24) is 5.32 Å². The van der Waals surface area contributed by atoms with Gasteiger partial charge in [0.05, 0.1) is 18.0 Å². The lowest BCUT2D eigenvalue weighted by molar-refractivity contribution is -0.145. The van der Waals surface area contributed by atoms with Crippen molar-refractivity contribution in [3.63, 3.8) is 0 Å². The van der Waals surface area contributed by atoms with E-state index >= 15 is 0 Å². The number of carbonyl (C=O) groups is 1. The zero-order valence-electron chi connectivity index (χ0n) is 26.1. The minimum absolute atomic E-state index is 0.251. The van der Waals surface area contributed by atoms with Crippen LogP contribution in [0.2, 0.25) is 0 Å². The Hall–Kier alpha value is -4.58. The minimum Gasteiger partial charge on any atom is -0.492 e. The highest BCUT2D eigenvalue weighted by Gasteiger charge is 2.19. The SMILES string of the molecule is CCC(Oc1ccc(-c2ccc(OCCN[C@@H](C)[C@H](O)c3ccc(OCc4ccccc4)c(NS(C)(=O)=O)c3)cc2)cc1)C(=O)O. The molecule has 10 nitrogen and oxygen atoms in total. The molecule has 0 spiro atoms. The average Bonchev–Trinajstić information content (AvgIpc) is 3.04. The highest BCUT2D eigenvalue weighted by molar-refractivity contribution is 7.92. The van der Waals surface area contributed by atoms with E-state index in [-0.39, 0.29) is 18.3 Å². The van der Waals surface area contributed by atoms with Crippen molar-refractivity contribution >= 4 is 21.7 Å². The molecule has 0 aliphatic rings. The van der Waals surface area contributed by atoms with Gasteiger partial charge in [-0.2, -0.15) is 0 Å². The van der Waals surface area contributed by atoms with E-state index in [0.29, 0.717) is 42.4 Å². The summed E-state index contributed by atoms with van der Waals surface area (Å²) in [4.78, 5) is 11.2. The molecular weight excluding hydrogens is 608 g/mol. The van der Waals surface area contributed by atoms with Gasteiger partial charge in [0.15, 0.2) is 6.10 Å². The van der Waals surface area contributed by atoms with Crippen molar-refractivity contribution in [2.75, 3.05) is 24.1 Å². The fraction of sp³-hybridized carbons (Fsp3) is 0.286. The topological polar surface area (TPSA) is 143 Å². The molecule has 0 heterocycles. The number of carboxylic acids is 1. The summed E-state index contributed by atoms with van der Waals surface area (Å²) < 4.78 is 43.8. The molecule has 3 atom stereocenters. The summed E-state index contributed by atoms with van der Waals surface area (Å²) in [5.74, 6) is 0.558. The van der Waals surface area contributed by atoms with Crippen molar-refractivity contribution < 1.29 is 37.6 Å². The molecule has 46 heavy (non-hydrogen) atoms. The Balaban J connectivity index is 1.28. The van der Waals surface area contributed by atoms with Crippen molar-refractivity contribution in [1.29, 1.82) is 0 Å². The third-order valence-corrected chi connectivity index (χ3v) is 7.75. The van der Waals surface area contributed by atoms with Crippen molar-refractivity contribution in [2.45, 2.75) is 45.1 Å². The van der Waals surface area contributed by atoms with Gasteiger partial charge in [-0.15, -0.1) is 0 Å². The van der Waals surface area contributed by atoms with E-state index in [0.717, 1.165) is 22.9 Å². The van der Waals surface area contributed by atoms with Crippen LogP contribution in [-0.4, -0.2) is 56.2 Å². The predicted molar refractivity (Wildman–Crippen MR) is 178 cm³/mol. The van der Waals surface area contributed by atoms with E-state index in [2.05, 4.69) is 10.0 Å². The third kappa shape index (κ3) is 10.2. The number of anilines is 1. The molecule has 0 aliphatic carbocycles. The van der Waals surface area contributed by atoms with Gasteiger partial charge in [0.1, 0.15) is 30.5 Å². The van der Waals surface area contributed by atoms with Crippen LogP contribution in [0.5, 0.6) is 17.2 Å². The molecule has 4 N–H and O–H groups in total. The van der Waals surface area contributed by atoms with E-state index in [4.69, 9.17) is 14.2 Å². The van der Waals surface area contributed by atoms with Crippen LogP contribution >= 0.6 is 0 Å². The Morgan fingerprint density at radius 2 is 1.50 bits per heavy atom. The van der Waals surface area contributed by atoms with Gasteiger partial charge in [-0.1, -0.05) is 67.6 Å². The van der Waals surface area contributed by atoms with Crippen LogP contribution in [0.3, 0.4) is 0 Å². The van der Waals surface area contributed by atoms with Gasteiger partial charge in [0.2, 0.25) is 10.0 Å². The first-order valence-corrected chi connectivity index (χ1v) is 16.8. The Bertz CT molecular complexity index is 1660. The number of sulfonamides is 1. The molecule has 0 saturated carbocycles. The van der Waals surface area contributed by atoms with Crippen molar-refractivity contribution in [2.24, 2.45) is 0 Å². The van der Waals surface area contributed by atoms with E-state index in [1.54, 1.807) is 37.3 Å². The molecule has 4 aromatic rings. The lowest BCUT2D eigenvalue weighted by atomic mass is 10.0. The standard InChI is InChI=1S/C35H40N2O8S/c1-4-32(35(39)40)45-30-17-12-27(13-18-30)26-10-15-29(16-11-26)43-21-20-36-24(2)34(38)28-14-19-33(31(22-28)37-46(3,41)42)44-23-25-8-6-5-7-9-25/h5-19,22,24,32,34,36-38H,4,20-21,23H2,1-3H3,(H,39,40)/t24-,32?,34-/m0/s1. The summed E-state index contributed by atoms with van der Waals surface area (Å²) in [6, 6.07) is 29.0. The van der Waals surface area contributed by atoms with Gasteiger partial charge >= 0.3 is 5.97 Å². The summed E-state index contributed by atoms with van der Waals surface area (Å²) >= 11 is 0. The summed E-state index contributed by atoms with van der Waals surface area (Å²) in [6.45, 7) is 4.68. The molecule has 11 heteroatoms. The molecule has 0 amide bonds. The Morgan fingerprint density at radius 1 is 0.870 bits per heavy atom. The zero-order chi connectivity index (χ0) is 33.1. The lowest BCUT2D eigenvalue weighted by Gasteiger charge is -2.22. The number of ether oxygens (including phenoxy) is 3. The van der Waals surface area contributed by atoms with Crippen LogP contribution < -0.4 is 24.2 Å². The number of aliphatic carboxylic acids is 1. The number of rotatable bonds is 17. The number of nitrogens with one attached hydrogen (secondary N) is 2. The van der Waals surface area contributed by atoms with Crippen LogP contribution in [0, 0.1) is 0 Å². The number of hydrogen-bond acceptors (Lipinski definition) is 8. The maximum absolute atomic E-state index is 12.0. The molecule has 0 aromatic heterocycles. The smallest absolute Gasteiger partial charge is 0.344 e. The van der Waals surface area contributed by atoms with Gasteiger partial charge in [-0.25, -0.2) is 13.2 Å². The minimum atomic E-state index is -3.58. The maximum atomic E-state index is 12.0. The highest BCUT2D eigenvalue weighted by atomic mass is 32.2. The van der Waals surface area contributed by atoms with Gasteiger partial charge in [-0.05, 0) is 72.0 Å². The van der Waals surface area contributed by atoms with Crippen molar-refractivity contribution in [3.05, 3.63) is 108 Å². The number of aliphatic hydroxyl groups is 1. The quantitative estimate of drug-likeness (QED) is 0.107. The molecule has 1 unspecified atom stereocenters.